The number of Topliss-reactive ketones (excluding diaryl/α,β-unsaturated/α-hetero) is 3. The van der Waals surface area contributed by atoms with E-state index in [0.717, 1.165) is 0 Å². The van der Waals surface area contributed by atoms with Crippen molar-refractivity contribution in [3.8, 4) is 0 Å². The summed E-state index contributed by atoms with van der Waals surface area (Å²) in [6, 6.07) is 17.1. The molecule has 0 radical (unpaired) electrons. The lowest BCUT2D eigenvalue weighted by molar-refractivity contribution is 0.0717. The van der Waals surface area contributed by atoms with Gasteiger partial charge in [-0.05, 0) is 42.0 Å². The Morgan fingerprint density at radius 1 is 0.767 bits per heavy atom. The molecule has 0 aliphatic heterocycles. The van der Waals surface area contributed by atoms with Crippen LogP contribution in [0.2, 0.25) is 0 Å². The molecule has 0 heterocycles. The van der Waals surface area contributed by atoms with Gasteiger partial charge in [0.05, 0.1) is 5.41 Å². The summed E-state index contributed by atoms with van der Waals surface area (Å²) in [5.41, 5.74) is -1.59. The highest BCUT2D eigenvalue weighted by Gasteiger charge is 2.86. The van der Waals surface area contributed by atoms with Gasteiger partial charge in [-0.3, -0.25) is 14.4 Å². The van der Waals surface area contributed by atoms with E-state index in [1.165, 1.54) is 48.5 Å². The molecule has 1 saturated carbocycles. The van der Waals surface area contributed by atoms with E-state index in [2.05, 4.69) is 0 Å². The highest BCUT2D eigenvalue weighted by atomic mass is 19.1. The van der Waals surface area contributed by atoms with E-state index in [-0.39, 0.29) is 5.56 Å². The van der Waals surface area contributed by atoms with E-state index in [9.17, 15) is 23.2 Å². The fourth-order valence-electron chi connectivity index (χ4n) is 5.21. The summed E-state index contributed by atoms with van der Waals surface area (Å²) in [4.78, 5) is 40.7. The first-order valence-corrected chi connectivity index (χ1v) is 9.58. The van der Waals surface area contributed by atoms with E-state index >= 15 is 0 Å². The molecule has 3 nitrogen and oxygen atoms in total. The highest BCUT2D eigenvalue weighted by molar-refractivity contribution is 6.36. The van der Waals surface area contributed by atoms with Gasteiger partial charge in [0.2, 0.25) is 0 Å². The number of fused-ring (bicyclic) bond motifs is 1. The monoisotopic (exact) mass is 402 g/mol. The lowest BCUT2D eigenvalue weighted by atomic mass is 9.84. The molecule has 5 rings (SSSR count). The first-order valence-electron chi connectivity index (χ1n) is 9.58. The molecule has 1 spiro atoms. The van der Waals surface area contributed by atoms with Gasteiger partial charge in [0.25, 0.3) is 0 Å². The average Bonchev–Trinajstić information content (AvgIpc) is 3.27. The van der Waals surface area contributed by atoms with Crippen LogP contribution in [0.15, 0.2) is 72.8 Å². The van der Waals surface area contributed by atoms with Crippen molar-refractivity contribution >= 4 is 17.3 Å². The molecule has 2 aliphatic carbocycles. The predicted octanol–water partition coefficient (Wildman–Crippen LogP) is 5.02. The van der Waals surface area contributed by atoms with Crippen LogP contribution in [-0.2, 0) is 0 Å². The summed E-state index contributed by atoms with van der Waals surface area (Å²) in [5, 5.41) is 0. The van der Waals surface area contributed by atoms with Crippen LogP contribution in [0.4, 0.5) is 8.78 Å². The van der Waals surface area contributed by atoms with Crippen molar-refractivity contribution in [3.63, 3.8) is 0 Å². The fraction of sp³-hybridized carbons (Fsp3) is 0.160. The first-order chi connectivity index (χ1) is 14.3. The molecule has 30 heavy (non-hydrogen) atoms. The van der Waals surface area contributed by atoms with Crippen LogP contribution >= 0.6 is 0 Å². The number of carbonyl (C=O) groups excluding carboxylic acids is 3. The molecule has 3 aromatic rings. The van der Waals surface area contributed by atoms with Crippen LogP contribution < -0.4 is 0 Å². The molecule has 2 atom stereocenters. The quantitative estimate of drug-likeness (QED) is 0.457. The summed E-state index contributed by atoms with van der Waals surface area (Å²) in [5.74, 6) is -2.88. The zero-order valence-corrected chi connectivity index (χ0v) is 16.0. The van der Waals surface area contributed by atoms with Crippen LogP contribution in [-0.4, -0.2) is 17.3 Å². The molecular weight excluding hydrogens is 386 g/mol. The molecule has 148 valence electrons. The standard InChI is InChI=1S/C25H16F2O3/c1-24(21(28)15-8-12-17(27)13-9-15)20(14-6-10-16(26)11-7-14)25(24)22(29)18-4-2-3-5-19(18)23(25)30/h2-13,20H,1H3. The lowest BCUT2D eigenvalue weighted by Gasteiger charge is -2.14. The van der Waals surface area contributed by atoms with Gasteiger partial charge in [-0.1, -0.05) is 43.3 Å². The van der Waals surface area contributed by atoms with Crippen LogP contribution in [0.25, 0.3) is 0 Å². The maximum absolute atomic E-state index is 13.6. The van der Waals surface area contributed by atoms with E-state index in [1.54, 1.807) is 31.2 Å². The zero-order valence-electron chi connectivity index (χ0n) is 16.0. The van der Waals surface area contributed by atoms with Gasteiger partial charge in [0.15, 0.2) is 17.3 Å². The van der Waals surface area contributed by atoms with Crippen molar-refractivity contribution in [2.75, 3.05) is 0 Å². The van der Waals surface area contributed by atoms with Crippen molar-refractivity contribution in [1.29, 1.82) is 0 Å². The van der Waals surface area contributed by atoms with Crippen molar-refractivity contribution < 1.29 is 23.2 Å². The number of halogens is 2. The van der Waals surface area contributed by atoms with E-state index in [1.807, 2.05) is 0 Å². The van der Waals surface area contributed by atoms with Crippen LogP contribution in [0, 0.1) is 22.5 Å². The Bertz CT molecular complexity index is 1190. The predicted molar refractivity (Wildman–Crippen MR) is 106 cm³/mol. The average molecular weight is 402 g/mol. The molecule has 2 aliphatic rings. The Labute approximate surface area is 171 Å². The van der Waals surface area contributed by atoms with Crippen LogP contribution in [0.3, 0.4) is 0 Å². The summed E-state index contributed by atoms with van der Waals surface area (Å²) in [6.45, 7) is 1.61. The fourth-order valence-corrected chi connectivity index (χ4v) is 5.21. The second-order valence-electron chi connectivity index (χ2n) is 8.03. The van der Waals surface area contributed by atoms with E-state index < -0.39 is 45.7 Å². The van der Waals surface area contributed by atoms with Gasteiger partial charge in [-0.2, -0.15) is 0 Å². The maximum Gasteiger partial charge on any atom is 0.179 e. The van der Waals surface area contributed by atoms with Gasteiger partial charge < -0.3 is 0 Å². The first kappa shape index (κ1) is 18.6. The highest BCUT2D eigenvalue weighted by Crippen LogP contribution is 2.78. The van der Waals surface area contributed by atoms with Crippen molar-refractivity contribution in [1.82, 2.24) is 0 Å². The SMILES string of the molecule is CC1(C(=O)c2ccc(F)cc2)C(c2ccc(F)cc2)C12C(=O)c1ccccc1C2=O. The Balaban J connectivity index is 1.71. The van der Waals surface area contributed by atoms with Gasteiger partial charge in [0, 0.05) is 22.6 Å². The Kier molecular flexibility index (Phi) is 3.72. The summed E-state index contributed by atoms with van der Waals surface area (Å²) in [7, 11) is 0. The molecule has 3 aromatic carbocycles. The lowest BCUT2D eigenvalue weighted by Crippen LogP contribution is -2.29. The summed E-state index contributed by atoms with van der Waals surface area (Å²) in [6.07, 6.45) is 0. The summed E-state index contributed by atoms with van der Waals surface area (Å²) < 4.78 is 26.9. The number of carbonyl (C=O) groups is 3. The molecule has 0 saturated heterocycles. The molecular formula is C25H16F2O3. The third-order valence-electron chi connectivity index (χ3n) is 6.66. The van der Waals surface area contributed by atoms with E-state index in [0.29, 0.717) is 16.7 Å². The largest absolute Gasteiger partial charge is 0.293 e. The molecule has 0 bridgehead atoms. The zero-order chi connectivity index (χ0) is 21.3. The number of rotatable bonds is 3. The molecule has 2 unspecified atom stereocenters. The maximum atomic E-state index is 13.6. The van der Waals surface area contributed by atoms with Gasteiger partial charge in [0.1, 0.15) is 17.0 Å². The Morgan fingerprint density at radius 3 is 1.73 bits per heavy atom. The van der Waals surface area contributed by atoms with E-state index in [4.69, 9.17) is 0 Å². The topological polar surface area (TPSA) is 51.2 Å². The number of benzene rings is 3. The van der Waals surface area contributed by atoms with Crippen LogP contribution in [0.1, 0.15) is 49.5 Å². The smallest absolute Gasteiger partial charge is 0.179 e. The van der Waals surface area contributed by atoms with Crippen molar-refractivity contribution in [3.05, 3.63) is 107 Å². The minimum Gasteiger partial charge on any atom is -0.293 e. The van der Waals surface area contributed by atoms with Gasteiger partial charge in [-0.25, -0.2) is 8.78 Å². The molecule has 0 N–H and O–H groups in total. The third-order valence-corrected chi connectivity index (χ3v) is 6.66. The second kappa shape index (κ2) is 6.02. The van der Waals surface area contributed by atoms with Crippen molar-refractivity contribution in [2.45, 2.75) is 12.8 Å². The molecule has 5 heteroatoms. The Hall–Kier alpha value is -3.47. The third kappa shape index (κ3) is 2.09. The van der Waals surface area contributed by atoms with Crippen LogP contribution in [0.5, 0.6) is 0 Å². The number of ketones is 3. The molecule has 1 fully saturated rings. The van der Waals surface area contributed by atoms with Gasteiger partial charge >= 0.3 is 0 Å². The molecule has 0 amide bonds. The molecule has 0 aromatic heterocycles. The minimum atomic E-state index is -1.58. The Morgan fingerprint density at radius 2 is 1.23 bits per heavy atom. The summed E-state index contributed by atoms with van der Waals surface area (Å²) >= 11 is 0. The minimum absolute atomic E-state index is 0.222. The van der Waals surface area contributed by atoms with Gasteiger partial charge in [-0.15, -0.1) is 0 Å². The van der Waals surface area contributed by atoms with Crippen molar-refractivity contribution in [2.24, 2.45) is 10.8 Å². The number of hydrogen-bond donors (Lipinski definition) is 0. The normalized spacial score (nSPS) is 23.5. The second-order valence-corrected chi connectivity index (χ2v) is 8.03. The number of hydrogen-bond acceptors (Lipinski definition) is 3.